The van der Waals surface area contributed by atoms with E-state index in [1.165, 1.54) is 35.3 Å². The van der Waals surface area contributed by atoms with E-state index in [4.69, 9.17) is 5.26 Å². The van der Waals surface area contributed by atoms with Crippen molar-refractivity contribution in [2.24, 2.45) is 0 Å². The highest BCUT2D eigenvalue weighted by Gasteiger charge is 2.20. The van der Waals surface area contributed by atoms with Crippen molar-refractivity contribution in [3.63, 3.8) is 0 Å². The number of nitro groups is 1. The SMILES string of the molecule is CC(NC(=O)c1ccc(-n2ccnc2)c([N+](=O)[O-])c1)c1ccc(C#N)cc1. The zero-order chi connectivity index (χ0) is 19.4. The van der Waals surface area contributed by atoms with Gasteiger partial charge in [0.2, 0.25) is 0 Å². The lowest BCUT2D eigenvalue weighted by molar-refractivity contribution is -0.384. The van der Waals surface area contributed by atoms with Gasteiger partial charge in [-0.15, -0.1) is 0 Å². The molecule has 0 aliphatic rings. The second-order valence-electron chi connectivity index (χ2n) is 5.86. The molecule has 0 aliphatic carbocycles. The van der Waals surface area contributed by atoms with E-state index in [2.05, 4.69) is 10.3 Å². The predicted molar refractivity (Wildman–Crippen MR) is 97.3 cm³/mol. The number of benzene rings is 2. The molecule has 1 unspecified atom stereocenters. The van der Waals surface area contributed by atoms with Gasteiger partial charge in [-0.2, -0.15) is 5.26 Å². The molecule has 0 radical (unpaired) electrons. The quantitative estimate of drug-likeness (QED) is 0.554. The number of nitriles is 1. The Morgan fingerprint density at radius 2 is 2.04 bits per heavy atom. The van der Waals surface area contributed by atoms with Crippen LogP contribution in [0, 0.1) is 21.4 Å². The van der Waals surface area contributed by atoms with Crippen LogP contribution in [-0.4, -0.2) is 20.4 Å². The van der Waals surface area contributed by atoms with Gasteiger partial charge in [0.05, 0.1) is 28.9 Å². The minimum atomic E-state index is -0.532. The van der Waals surface area contributed by atoms with Crippen LogP contribution in [0.5, 0.6) is 0 Å². The van der Waals surface area contributed by atoms with Crippen molar-refractivity contribution < 1.29 is 9.72 Å². The summed E-state index contributed by atoms with van der Waals surface area (Å²) in [5, 5.41) is 23.1. The number of nitrogens with one attached hydrogen (secondary N) is 1. The van der Waals surface area contributed by atoms with Gasteiger partial charge in [-0.05, 0) is 36.8 Å². The standard InChI is InChI=1S/C19H15N5O3/c1-13(15-4-2-14(11-20)3-5-15)22-19(25)16-6-7-17(18(10-16)24(26)27)23-9-8-21-12-23/h2-10,12-13H,1H3,(H,22,25). The first-order valence-corrected chi connectivity index (χ1v) is 8.07. The molecule has 0 saturated carbocycles. The maximum Gasteiger partial charge on any atom is 0.294 e. The topological polar surface area (TPSA) is 114 Å². The molecule has 0 fully saturated rings. The Balaban J connectivity index is 1.83. The lowest BCUT2D eigenvalue weighted by Gasteiger charge is -2.15. The average molecular weight is 361 g/mol. The molecule has 8 nitrogen and oxygen atoms in total. The summed E-state index contributed by atoms with van der Waals surface area (Å²) in [7, 11) is 0. The number of hydrogen-bond donors (Lipinski definition) is 1. The van der Waals surface area contributed by atoms with E-state index in [0.29, 0.717) is 11.3 Å². The summed E-state index contributed by atoms with van der Waals surface area (Å²) in [6.45, 7) is 1.80. The summed E-state index contributed by atoms with van der Waals surface area (Å²) in [6.07, 6.45) is 4.56. The molecule has 8 heteroatoms. The molecule has 27 heavy (non-hydrogen) atoms. The first kappa shape index (κ1) is 17.8. The summed E-state index contributed by atoms with van der Waals surface area (Å²) in [5.41, 5.74) is 1.68. The molecule has 1 N–H and O–H groups in total. The van der Waals surface area contributed by atoms with Crippen LogP contribution in [0.2, 0.25) is 0 Å². The highest BCUT2D eigenvalue weighted by atomic mass is 16.6. The largest absolute Gasteiger partial charge is 0.346 e. The van der Waals surface area contributed by atoms with Crippen LogP contribution in [0.1, 0.15) is 34.5 Å². The van der Waals surface area contributed by atoms with Crippen molar-refractivity contribution >= 4 is 11.6 Å². The van der Waals surface area contributed by atoms with Gasteiger partial charge in [0, 0.05) is 24.0 Å². The van der Waals surface area contributed by atoms with E-state index < -0.39 is 10.8 Å². The van der Waals surface area contributed by atoms with Crippen LogP contribution >= 0.6 is 0 Å². The van der Waals surface area contributed by atoms with Crippen molar-refractivity contribution in [2.75, 3.05) is 0 Å². The number of carbonyl (C=O) groups excluding carboxylic acids is 1. The molecule has 1 amide bonds. The van der Waals surface area contributed by atoms with Crippen molar-refractivity contribution in [3.05, 3.63) is 88.0 Å². The van der Waals surface area contributed by atoms with Gasteiger partial charge in [0.1, 0.15) is 5.69 Å². The molecule has 0 aliphatic heterocycles. The van der Waals surface area contributed by atoms with Crippen LogP contribution in [0.4, 0.5) is 5.69 Å². The third-order valence-corrected chi connectivity index (χ3v) is 4.10. The summed E-state index contributed by atoms with van der Waals surface area (Å²) in [4.78, 5) is 27.3. The second-order valence-corrected chi connectivity index (χ2v) is 5.86. The Labute approximate surface area is 154 Å². The monoisotopic (exact) mass is 361 g/mol. The van der Waals surface area contributed by atoms with E-state index in [0.717, 1.165) is 5.56 Å². The van der Waals surface area contributed by atoms with Crippen LogP contribution in [0.15, 0.2) is 61.2 Å². The Morgan fingerprint density at radius 1 is 1.30 bits per heavy atom. The smallest absolute Gasteiger partial charge is 0.294 e. The zero-order valence-corrected chi connectivity index (χ0v) is 14.4. The first-order chi connectivity index (χ1) is 13.0. The first-order valence-electron chi connectivity index (χ1n) is 8.07. The van der Waals surface area contributed by atoms with Gasteiger partial charge in [-0.3, -0.25) is 14.9 Å². The molecule has 0 bridgehead atoms. The third-order valence-electron chi connectivity index (χ3n) is 4.10. The highest BCUT2D eigenvalue weighted by Crippen LogP contribution is 2.24. The zero-order valence-electron chi connectivity index (χ0n) is 14.4. The summed E-state index contributed by atoms with van der Waals surface area (Å²) >= 11 is 0. The van der Waals surface area contributed by atoms with Crippen molar-refractivity contribution in [2.45, 2.75) is 13.0 Å². The number of rotatable bonds is 5. The summed E-state index contributed by atoms with van der Waals surface area (Å²) in [6, 6.07) is 12.9. The Bertz CT molecular complexity index is 1020. The van der Waals surface area contributed by atoms with Gasteiger partial charge >= 0.3 is 0 Å². The summed E-state index contributed by atoms with van der Waals surface area (Å²) in [5.74, 6) is -0.424. The molecular formula is C19H15N5O3. The Kier molecular flexibility index (Phi) is 4.95. The van der Waals surface area contributed by atoms with E-state index in [1.807, 2.05) is 6.07 Å². The van der Waals surface area contributed by atoms with Crippen molar-refractivity contribution in [3.8, 4) is 11.8 Å². The number of carbonyl (C=O) groups is 1. The van der Waals surface area contributed by atoms with Gasteiger partial charge in [-0.25, -0.2) is 4.98 Å². The van der Waals surface area contributed by atoms with E-state index in [1.54, 1.807) is 37.4 Å². The van der Waals surface area contributed by atoms with Crippen LogP contribution in [0.3, 0.4) is 0 Å². The molecule has 1 heterocycles. The number of amides is 1. The minimum absolute atomic E-state index is 0.186. The fraction of sp³-hybridized carbons (Fsp3) is 0.105. The number of imidazole rings is 1. The van der Waals surface area contributed by atoms with E-state index in [-0.39, 0.29) is 17.3 Å². The molecule has 3 aromatic rings. The number of nitro benzene ring substituents is 1. The second kappa shape index (κ2) is 7.49. The van der Waals surface area contributed by atoms with E-state index in [9.17, 15) is 14.9 Å². The lowest BCUT2D eigenvalue weighted by Crippen LogP contribution is -2.26. The fourth-order valence-electron chi connectivity index (χ4n) is 2.64. The number of nitrogens with zero attached hydrogens (tertiary/aromatic N) is 4. The van der Waals surface area contributed by atoms with Crippen molar-refractivity contribution in [1.82, 2.24) is 14.9 Å². The molecular weight excluding hydrogens is 346 g/mol. The maximum absolute atomic E-state index is 12.5. The third kappa shape index (κ3) is 3.82. The molecule has 0 spiro atoms. The van der Waals surface area contributed by atoms with Crippen LogP contribution < -0.4 is 5.32 Å². The lowest BCUT2D eigenvalue weighted by atomic mass is 10.1. The van der Waals surface area contributed by atoms with Gasteiger partial charge in [0.15, 0.2) is 0 Å². The minimum Gasteiger partial charge on any atom is -0.346 e. The Morgan fingerprint density at radius 3 is 2.63 bits per heavy atom. The fourth-order valence-corrected chi connectivity index (χ4v) is 2.64. The van der Waals surface area contributed by atoms with Crippen LogP contribution in [0.25, 0.3) is 5.69 Å². The molecule has 0 saturated heterocycles. The maximum atomic E-state index is 12.5. The number of aromatic nitrogens is 2. The average Bonchev–Trinajstić information content (AvgIpc) is 3.22. The van der Waals surface area contributed by atoms with Gasteiger partial charge in [-0.1, -0.05) is 12.1 Å². The predicted octanol–water partition coefficient (Wildman–Crippen LogP) is 3.14. The van der Waals surface area contributed by atoms with Gasteiger partial charge < -0.3 is 9.88 Å². The molecule has 134 valence electrons. The van der Waals surface area contributed by atoms with Gasteiger partial charge in [0.25, 0.3) is 11.6 Å². The normalized spacial score (nSPS) is 11.4. The molecule has 2 aromatic carbocycles. The molecule has 1 atom stereocenters. The summed E-state index contributed by atoms with van der Waals surface area (Å²) < 4.78 is 1.51. The van der Waals surface area contributed by atoms with E-state index >= 15 is 0 Å². The Hall–Kier alpha value is -3.99. The van der Waals surface area contributed by atoms with Crippen molar-refractivity contribution in [1.29, 1.82) is 5.26 Å². The highest BCUT2D eigenvalue weighted by molar-refractivity contribution is 5.95. The molecule has 3 rings (SSSR count). The number of hydrogen-bond acceptors (Lipinski definition) is 5. The molecule has 1 aromatic heterocycles. The van der Waals surface area contributed by atoms with Crippen LogP contribution in [-0.2, 0) is 0 Å².